The van der Waals surface area contributed by atoms with Crippen LogP contribution in [-0.4, -0.2) is 28.4 Å². The minimum atomic E-state index is -0.511. The Morgan fingerprint density at radius 2 is 2.23 bits per heavy atom. The standard InChI is InChI=1S/C15H14N4O3/c1-3-22-15(21)9(2)18-19-12-6-7-13(20)14-11(12)5-4-10(8-16)17-14/h4-7,19-20H,3H2,1-2H3/b18-9+. The molecule has 2 aromatic rings. The number of rotatable bonds is 4. The number of aromatic hydroxyl groups is 1. The molecule has 112 valence electrons. The van der Waals surface area contributed by atoms with E-state index >= 15 is 0 Å². The van der Waals surface area contributed by atoms with E-state index in [0.717, 1.165) is 0 Å². The predicted molar refractivity (Wildman–Crippen MR) is 81.5 cm³/mol. The number of hydrogen-bond donors (Lipinski definition) is 2. The minimum Gasteiger partial charge on any atom is -0.506 e. The third-order valence-electron chi connectivity index (χ3n) is 2.87. The maximum Gasteiger partial charge on any atom is 0.354 e. The summed E-state index contributed by atoms with van der Waals surface area (Å²) >= 11 is 0. The van der Waals surface area contributed by atoms with Crippen LogP contribution in [0.1, 0.15) is 19.5 Å². The van der Waals surface area contributed by atoms with Gasteiger partial charge in [-0.1, -0.05) is 0 Å². The molecule has 2 N–H and O–H groups in total. The van der Waals surface area contributed by atoms with Gasteiger partial charge >= 0.3 is 5.97 Å². The lowest BCUT2D eigenvalue weighted by atomic mass is 10.1. The molecule has 0 saturated carbocycles. The topological polar surface area (TPSA) is 108 Å². The van der Waals surface area contributed by atoms with Crippen LogP contribution in [0.3, 0.4) is 0 Å². The number of nitrogens with one attached hydrogen (secondary N) is 1. The van der Waals surface area contributed by atoms with Crippen molar-refractivity contribution in [1.82, 2.24) is 4.98 Å². The number of hydrazone groups is 1. The number of phenols is 1. The van der Waals surface area contributed by atoms with Crippen molar-refractivity contribution in [1.29, 1.82) is 5.26 Å². The normalized spacial score (nSPS) is 11.0. The molecule has 0 aliphatic carbocycles. The number of benzene rings is 1. The van der Waals surface area contributed by atoms with E-state index in [1.54, 1.807) is 19.1 Å². The van der Waals surface area contributed by atoms with E-state index in [-0.39, 0.29) is 29.3 Å². The average molecular weight is 298 g/mol. The lowest BCUT2D eigenvalue weighted by Gasteiger charge is -2.08. The number of carbonyl (C=O) groups is 1. The summed E-state index contributed by atoms with van der Waals surface area (Å²) in [6.07, 6.45) is 0. The zero-order valence-corrected chi connectivity index (χ0v) is 12.1. The largest absolute Gasteiger partial charge is 0.506 e. The van der Waals surface area contributed by atoms with E-state index in [0.29, 0.717) is 11.1 Å². The molecule has 0 aliphatic heterocycles. The molecule has 7 heteroatoms. The van der Waals surface area contributed by atoms with Gasteiger partial charge < -0.3 is 9.84 Å². The summed E-state index contributed by atoms with van der Waals surface area (Å²) in [4.78, 5) is 15.5. The van der Waals surface area contributed by atoms with E-state index in [9.17, 15) is 9.90 Å². The van der Waals surface area contributed by atoms with Gasteiger partial charge in [-0.2, -0.15) is 10.4 Å². The van der Waals surface area contributed by atoms with Gasteiger partial charge in [0.2, 0.25) is 0 Å². The summed E-state index contributed by atoms with van der Waals surface area (Å²) in [5, 5.41) is 23.2. The molecular formula is C15H14N4O3. The van der Waals surface area contributed by atoms with Crippen LogP contribution in [0.25, 0.3) is 10.9 Å². The Hall–Kier alpha value is -3.14. The number of ether oxygens (including phenoxy) is 1. The predicted octanol–water partition coefficient (Wildman–Crippen LogP) is 2.16. The van der Waals surface area contributed by atoms with Gasteiger partial charge in [-0.05, 0) is 38.1 Å². The number of aromatic nitrogens is 1. The molecule has 1 aromatic heterocycles. The number of pyridine rings is 1. The van der Waals surface area contributed by atoms with Crippen LogP contribution in [0, 0.1) is 11.3 Å². The van der Waals surface area contributed by atoms with Crippen molar-refractivity contribution in [3.63, 3.8) is 0 Å². The summed E-state index contributed by atoms with van der Waals surface area (Å²) in [7, 11) is 0. The third-order valence-corrected chi connectivity index (χ3v) is 2.87. The summed E-state index contributed by atoms with van der Waals surface area (Å²) in [6, 6.07) is 8.14. The second-order valence-electron chi connectivity index (χ2n) is 4.37. The van der Waals surface area contributed by atoms with Crippen molar-refractivity contribution in [3.8, 4) is 11.8 Å². The third kappa shape index (κ3) is 3.12. The SMILES string of the molecule is CCOC(=O)/C(C)=N/Nc1ccc(O)c2nc(C#N)ccc12. The van der Waals surface area contributed by atoms with Crippen LogP contribution >= 0.6 is 0 Å². The number of carbonyl (C=O) groups excluding carboxylic acids is 1. The summed E-state index contributed by atoms with van der Waals surface area (Å²) < 4.78 is 4.83. The Bertz CT molecular complexity index is 793. The van der Waals surface area contributed by atoms with Gasteiger partial charge in [-0.3, -0.25) is 5.43 Å². The number of fused-ring (bicyclic) bond motifs is 1. The molecule has 0 unspecified atom stereocenters. The second kappa shape index (κ2) is 6.54. The van der Waals surface area contributed by atoms with Crippen LogP contribution in [0.5, 0.6) is 5.75 Å². The first-order chi connectivity index (χ1) is 10.6. The van der Waals surface area contributed by atoms with Crippen molar-refractivity contribution < 1.29 is 14.6 Å². The molecule has 0 atom stereocenters. The van der Waals surface area contributed by atoms with E-state index in [4.69, 9.17) is 10.00 Å². The van der Waals surface area contributed by atoms with Crippen molar-refractivity contribution >= 4 is 28.3 Å². The fraction of sp³-hybridized carbons (Fsp3) is 0.200. The average Bonchev–Trinajstić information content (AvgIpc) is 2.54. The smallest absolute Gasteiger partial charge is 0.354 e. The Balaban J connectivity index is 2.37. The maximum absolute atomic E-state index is 11.5. The second-order valence-corrected chi connectivity index (χ2v) is 4.37. The van der Waals surface area contributed by atoms with Crippen LogP contribution in [0.15, 0.2) is 29.4 Å². The Morgan fingerprint density at radius 3 is 2.91 bits per heavy atom. The highest BCUT2D eigenvalue weighted by Crippen LogP contribution is 2.29. The van der Waals surface area contributed by atoms with E-state index < -0.39 is 5.97 Å². The zero-order chi connectivity index (χ0) is 16.1. The highest BCUT2D eigenvalue weighted by molar-refractivity contribution is 6.35. The molecule has 2 rings (SSSR count). The van der Waals surface area contributed by atoms with E-state index in [2.05, 4.69) is 15.5 Å². The fourth-order valence-electron chi connectivity index (χ4n) is 1.79. The summed E-state index contributed by atoms with van der Waals surface area (Å²) in [6.45, 7) is 3.51. The van der Waals surface area contributed by atoms with Crippen molar-refractivity contribution in [2.45, 2.75) is 13.8 Å². The molecule has 0 saturated heterocycles. The highest BCUT2D eigenvalue weighted by atomic mass is 16.5. The van der Waals surface area contributed by atoms with Crippen LogP contribution < -0.4 is 5.43 Å². The quantitative estimate of drug-likeness (QED) is 0.387. The zero-order valence-electron chi connectivity index (χ0n) is 12.1. The number of esters is 1. The molecule has 1 heterocycles. The van der Waals surface area contributed by atoms with E-state index in [1.807, 2.05) is 6.07 Å². The van der Waals surface area contributed by atoms with E-state index in [1.165, 1.54) is 19.1 Å². The summed E-state index contributed by atoms with van der Waals surface area (Å²) in [5.74, 6) is -0.549. The maximum atomic E-state index is 11.5. The van der Waals surface area contributed by atoms with Gasteiger partial charge in [0, 0.05) is 5.39 Å². The minimum absolute atomic E-state index is 0.0382. The molecule has 7 nitrogen and oxygen atoms in total. The molecule has 22 heavy (non-hydrogen) atoms. The fourth-order valence-corrected chi connectivity index (χ4v) is 1.79. The Morgan fingerprint density at radius 1 is 1.45 bits per heavy atom. The molecule has 0 aliphatic rings. The highest BCUT2D eigenvalue weighted by Gasteiger charge is 2.09. The molecule has 0 spiro atoms. The lowest BCUT2D eigenvalue weighted by Crippen LogP contribution is -2.15. The summed E-state index contributed by atoms with van der Waals surface area (Å²) in [5.41, 5.74) is 3.95. The monoisotopic (exact) mass is 298 g/mol. The van der Waals surface area contributed by atoms with Gasteiger partial charge in [-0.25, -0.2) is 9.78 Å². The Kier molecular flexibility index (Phi) is 4.53. The number of phenolic OH excluding ortho intramolecular Hbond substituents is 1. The molecule has 0 amide bonds. The van der Waals surface area contributed by atoms with Crippen molar-refractivity contribution in [2.75, 3.05) is 12.0 Å². The van der Waals surface area contributed by atoms with Crippen LogP contribution in [-0.2, 0) is 9.53 Å². The first kappa shape index (κ1) is 15.3. The van der Waals surface area contributed by atoms with Gasteiger partial charge in [-0.15, -0.1) is 0 Å². The number of anilines is 1. The van der Waals surface area contributed by atoms with Gasteiger partial charge in [0.25, 0.3) is 0 Å². The number of hydrogen-bond acceptors (Lipinski definition) is 7. The lowest BCUT2D eigenvalue weighted by molar-refractivity contribution is -0.135. The molecule has 0 bridgehead atoms. The van der Waals surface area contributed by atoms with Crippen molar-refractivity contribution in [3.05, 3.63) is 30.0 Å². The van der Waals surface area contributed by atoms with Crippen LogP contribution in [0.2, 0.25) is 0 Å². The van der Waals surface area contributed by atoms with Gasteiger partial charge in [0.1, 0.15) is 28.7 Å². The molecule has 1 aromatic carbocycles. The first-order valence-corrected chi connectivity index (χ1v) is 6.57. The first-order valence-electron chi connectivity index (χ1n) is 6.57. The van der Waals surface area contributed by atoms with Crippen molar-refractivity contribution in [2.24, 2.45) is 5.10 Å². The molecule has 0 radical (unpaired) electrons. The number of nitrogens with zero attached hydrogens (tertiary/aromatic N) is 3. The Labute approximate surface area is 126 Å². The molecular weight excluding hydrogens is 284 g/mol. The van der Waals surface area contributed by atoms with Gasteiger partial charge in [0.15, 0.2) is 0 Å². The van der Waals surface area contributed by atoms with Crippen LogP contribution in [0.4, 0.5) is 5.69 Å². The number of nitriles is 1. The molecule has 0 fully saturated rings. The van der Waals surface area contributed by atoms with Gasteiger partial charge in [0.05, 0.1) is 12.3 Å².